The second kappa shape index (κ2) is 5.87. The summed E-state index contributed by atoms with van der Waals surface area (Å²) in [6, 6.07) is 4.69. The van der Waals surface area contributed by atoms with E-state index in [0.717, 1.165) is 12.8 Å². The van der Waals surface area contributed by atoms with E-state index >= 15 is 0 Å². The molecule has 0 saturated heterocycles. The highest BCUT2D eigenvalue weighted by Gasteiger charge is 2.20. The largest absolute Gasteiger partial charge is 0.350 e. The van der Waals surface area contributed by atoms with Crippen LogP contribution in [-0.2, 0) is 19.9 Å². The van der Waals surface area contributed by atoms with E-state index in [9.17, 15) is 0 Å². The predicted molar refractivity (Wildman–Crippen MR) is 113 cm³/mol. The third kappa shape index (κ3) is 2.37. The van der Waals surface area contributed by atoms with Gasteiger partial charge in [0.1, 0.15) is 0 Å². The summed E-state index contributed by atoms with van der Waals surface area (Å²) in [4.78, 5) is 0. The van der Waals surface area contributed by atoms with Crippen LogP contribution in [0.5, 0.6) is 0 Å². The zero-order valence-corrected chi connectivity index (χ0v) is 17.2. The van der Waals surface area contributed by atoms with Gasteiger partial charge in [-0.05, 0) is 111 Å². The Morgan fingerprint density at radius 2 is 1.62 bits per heavy atom. The third-order valence-electron chi connectivity index (χ3n) is 6.80. The molecule has 0 amide bonds. The van der Waals surface area contributed by atoms with E-state index in [4.69, 9.17) is 0 Å². The SMILES string of the molecule is Cc1cc2c(c(C)c1C)C=C(Cc1c(C)c(C)c(C)c3c1ccn3C)C2. The Morgan fingerprint density at radius 3 is 2.35 bits per heavy atom. The van der Waals surface area contributed by atoms with Crippen molar-refractivity contribution >= 4 is 17.0 Å². The molecule has 0 fully saturated rings. The molecule has 2 aromatic carbocycles. The van der Waals surface area contributed by atoms with E-state index < -0.39 is 0 Å². The summed E-state index contributed by atoms with van der Waals surface area (Å²) in [6.45, 7) is 13.6. The fraction of sp³-hybridized carbons (Fsp3) is 0.360. The number of nitrogens with zero attached hydrogens (tertiary/aromatic N) is 1. The van der Waals surface area contributed by atoms with Crippen LogP contribution in [0.4, 0.5) is 0 Å². The van der Waals surface area contributed by atoms with Crippen molar-refractivity contribution in [1.29, 1.82) is 0 Å². The number of fused-ring (bicyclic) bond motifs is 2. The maximum absolute atomic E-state index is 2.46. The van der Waals surface area contributed by atoms with Gasteiger partial charge >= 0.3 is 0 Å². The number of benzene rings is 2. The number of hydrogen-bond acceptors (Lipinski definition) is 0. The Morgan fingerprint density at radius 1 is 0.885 bits per heavy atom. The van der Waals surface area contributed by atoms with Crippen molar-refractivity contribution in [2.75, 3.05) is 0 Å². The van der Waals surface area contributed by atoms with Crippen molar-refractivity contribution in [3.63, 3.8) is 0 Å². The van der Waals surface area contributed by atoms with E-state index in [0.29, 0.717) is 0 Å². The van der Waals surface area contributed by atoms with Crippen LogP contribution >= 0.6 is 0 Å². The van der Waals surface area contributed by atoms with Crippen LogP contribution < -0.4 is 0 Å². The molecule has 0 radical (unpaired) electrons. The van der Waals surface area contributed by atoms with Gasteiger partial charge in [0.25, 0.3) is 0 Å². The lowest BCUT2D eigenvalue weighted by Gasteiger charge is -2.16. The van der Waals surface area contributed by atoms with Gasteiger partial charge in [0.05, 0.1) is 5.52 Å². The first-order valence-corrected chi connectivity index (χ1v) is 9.62. The number of aryl methyl sites for hydroxylation is 3. The van der Waals surface area contributed by atoms with Crippen molar-refractivity contribution < 1.29 is 0 Å². The maximum Gasteiger partial charge on any atom is 0.0513 e. The van der Waals surface area contributed by atoms with E-state index in [1.807, 2.05) is 0 Å². The number of rotatable bonds is 2. The summed E-state index contributed by atoms with van der Waals surface area (Å²) in [5, 5.41) is 1.43. The number of hydrogen-bond donors (Lipinski definition) is 0. The Hall–Kier alpha value is -2.28. The summed E-state index contributed by atoms with van der Waals surface area (Å²) in [7, 11) is 2.16. The van der Waals surface area contributed by atoms with E-state index in [1.165, 1.54) is 61.0 Å². The molecule has 0 saturated carbocycles. The molecule has 134 valence electrons. The van der Waals surface area contributed by atoms with Crippen LogP contribution in [0.1, 0.15) is 50.1 Å². The maximum atomic E-state index is 2.46. The van der Waals surface area contributed by atoms with Crippen molar-refractivity contribution in [2.24, 2.45) is 7.05 Å². The molecule has 1 nitrogen and oxygen atoms in total. The molecular weight excluding hydrogens is 314 g/mol. The molecule has 3 aromatic rings. The van der Waals surface area contributed by atoms with E-state index in [2.05, 4.69) is 77.6 Å². The zero-order chi connectivity index (χ0) is 18.7. The molecule has 0 unspecified atom stereocenters. The minimum absolute atomic E-state index is 1.06. The number of allylic oxidation sites excluding steroid dienone is 1. The van der Waals surface area contributed by atoms with Gasteiger partial charge in [-0.25, -0.2) is 0 Å². The van der Waals surface area contributed by atoms with Crippen molar-refractivity contribution in [3.05, 3.63) is 74.0 Å². The van der Waals surface area contributed by atoms with Crippen molar-refractivity contribution in [3.8, 4) is 0 Å². The van der Waals surface area contributed by atoms with Gasteiger partial charge in [0, 0.05) is 18.6 Å². The molecule has 1 heteroatoms. The fourth-order valence-corrected chi connectivity index (χ4v) is 4.73. The lowest BCUT2D eigenvalue weighted by molar-refractivity contribution is 0.960. The van der Waals surface area contributed by atoms with Gasteiger partial charge in [0.15, 0.2) is 0 Å². The zero-order valence-electron chi connectivity index (χ0n) is 17.2. The average Bonchev–Trinajstić information content (AvgIpc) is 3.18. The lowest BCUT2D eigenvalue weighted by Crippen LogP contribution is -2.01. The lowest BCUT2D eigenvalue weighted by atomic mass is 9.90. The summed E-state index contributed by atoms with van der Waals surface area (Å²) >= 11 is 0. The first kappa shape index (κ1) is 17.1. The molecule has 1 aromatic heterocycles. The standard InChI is InChI=1S/C25H29N/c1-14-10-21-11-20(12-23(21)17(4)15(14)2)13-24-18(5)16(3)19(6)25-22(24)8-9-26(25)7/h8-10,12H,11,13H2,1-7H3. The Bertz CT molecular complexity index is 1090. The molecule has 0 spiro atoms. The van der Waals surface area contributed by atoms with Crippen molar-refractivity contribution in [2.45, 2.75) is 54.4 Å². The molecule has 1 heterocycles. The van der Waals surface area contributed by atoms with Gasteiger partial charge in [-0.3, -0.25) is 0 Å². The molecule has 0 N–H and O–H groups in total. The van der Waals surface area contributed by atoms with Crippen LogP contribution in [-0.4, -0.2) is 4.57 Å². The Labute approximate surface area is 157 Å². The third-order valence-corrected chi connectivity index (χ3v) is 6.80. The molecule has 0 bridgehead atoms. The summed E-state index contributed by atoms with van der Waals surface area (Å²) < 4.78 is 2.27. The van der Waals surface area contributed by atoms with Gasteiger partial charge in [0.2, 0.25) is 0 Å². The topological polar surface area (TPSA) is 4.93 Å². The molecule has 4 rings (SSSR count). The highest BCUT2D eigenvalue weighted by molar-refractivity contribution is 5.89. The quantitative estimate of drug-likeness (QED) is 0.521. The van der Waals surface area contributed by atoms with Crippen LogP contribution in [0.3, 0.4) is 0 Å². The normalized spacial score (nSPS) is 13.4. The smallest absolute Gasteiger partial charge is 0.0513 e. The summed E-state index contributed by atoms with van der Waals surface area (Å²) in [6.07, 6.45) is 6.81. The first-order valence-electron chi connectivity index (χ1n) is 9.62. The first-order chi connectivity index (χ1) is 12.3. The number of aromatic nitrogens is 1. The summed E-state index contributed by atoms with van der Waals surface area (Å²) in [5.41, 5.74) is 16.0. The fourth-order valence-electron chi connectivity index (χ4n) is 4.73. The van der Waals surface area contributed by atoms with Gasteiger partial charge in [-0.15, -0.1) is 0 Å². The highest BCUT2D eigenvalue weighted by atomic mass is 14.9. The second-order valence-electron chi connectivity index (χ2n) is 8.21. The van der Waals surface area contributed by atoms with Crippen LogP contribution in [0.2, 0.25) is 0 Å². The Balaban J connectivity index is 1.81. The highest BCUT2D eigenvalue weighted by Crippen LogP contribution is 2.36. The predicted octanol–water partition coefficient (Wildman–Crippen LogP) is 6.21. The molecule has 1 aliphatic rings. The van der Waals surface area contributed by atoms with E-state index in [1.54, 1.807) is 5.57 Å². The molecule has 26 heavy (non-hydrogen) atoms. The molecular formula is C25H29N. The molecule has 1 aliphatic carbocycles. The molecule has 0 atom stereocenters. The van der Waals surface area contributed by atoms with Crippen LogP contribution in [0.25, 0.3) is 17.0 Å². The van der Waals surface area contributed by atoms with Gasteiger partial charge in [-0.2, -0.15) is 0 Å². The molecule has 0 aliphatic heterocycles. The van der Waals surface area contributed by atoms with Crippen LogP contribution in [0, 0.1) is 41.5 Å². The van der Waals surface area contributed by atoms with Crippen molar-refractivity contribution in [1.82, 2.24) is 4.57 Å². The second-order valence-corrected chi connectivity index (χ2v) is 8.21. The average molecular weight is 344 g/mol. The van der Waals surface area contributed by atoms with E-state index in [-0.39, 0.29) is 0 Å². The van der Waals surface area contributed by atoms with Gasteiger partial charge < -0.3 is 4.57 Å². The summed E-state index contributed by atoms with van der Waals surface area (Å²) in [5.74, 6) is 0. The van der Waals surface area contributed by atoms with Gasteiger partial charge in [-0.1, -0.05) is 17.7 Å². The Kier molecular flexibility index (Phi) is 3.87. The minimum atomic E-state index is 1.06. The van der Waals surface area contributed by atoms with Crippen LogP contribution in [0.15, 0.2) is 23.9 Å². The minimum Gasteiger partial charge on any atom is -0.350 e. The monoisotopic (exact) mass is 343 g/mol.